The predicted octanol–water partition coefficient (Wildman–Crippen LogP) is 4.08. The molecular formula is C30H46N2O4. The van der Waals surface area contributed by atoms with Crippen LogP contribution in [0, 0.1) is 46.3 Å². The van der Waals surface area contributed by atoms with Crippen molar-refractivity contribution in [2.45, 2.75) is 103 Å². The molecule has 0 aromatic carbocycles. The summed E-state index contributed by atoms with van der Waals surface area (Å²) < 4.78 is 0. The van der Waals surface area contributed by atoms with E-state index < -0.39 is 0 Å². The van der Waals surface area contributed by atoms with Crippen LogP contribution in [-0.4, -0.2) is 44.5 Å². The van der Waals surface area contributed by atoms with Crippen molar-refractivity contribution in [3.63, 3.8) is 0 Å². The Balaban J connectivity index is 1.25. The first kappa shape index (κ1) is 26.1. The van der Waals surface area contributed by atoms with E-state index in [4.69, 9.17) is 0 Å². The lowest BCUT2D eigenvalue weighted by molar-refractivity contribution is -0.207. The van der Waals surface area contributed by atoms with Gasteiger partial charge in [-0.2, -0.15) is 0 Å². The highest BCUT2D eigenvalue weighted by Crippen LogP contribution is 2.68. The van der Waals surface area contributed by atoms with Crippen molar-refractivity contribution in [1.82, 2.24) is 10.3 Å². The van der Waals surface area contributed by atoms with Gasteiger partial charge in [0.15, 0.2) is 0 Å². The number of aliphatic hydroxyl groups excluding tert-OH is 3. The zero-order chi connectivity index (χ0) is 25.7. The van der Waals surface area contributed by atoms with E-state index in [9.17, 15) is 20.1 Å². The Bertz CT molecular complexity index is 927. The molecule has 4 aliphatic carbocycles. The molecule has 0 bridgehead atoms. The van der Waals surface area contributed by atoms with Crippen LogP contribution in [0.5, 0.6) is 0 Å². The molecule has 200 valence electrons. The second kappa shape index (κ2) is 9.99. The van der Waals surface area contributed by atoms with Gasteiger partial charge in [-0.05, 0) is 110 Å². The van der Waals surface area contributed by atoms with Crippen LogP contribution in [0.25, 0.3) is 0 Å². The van der Waals surface area contributed by atoms with Gasteiger partial charge in [-0.1, -0.05) is 26.8 Å². The van der Waals surface area contributed by atoms with Crippen molar-refractivity contribution in [1.29, 1.82) is 0 Å². The molecule has 4 aliphatic rings. The standard InChI is InChI=1S/C30H46N2O4/c1-18(7-10-27(36)32-17-20-6-4-5-13-31-20)22-8-9-23-28-24(16-26(35)30(22,23)3)29(2)12-11-21(33)14-19(29)15-25(28)34/h4-6,13,18-19,21-26,28,33-35H,7-12,14-17H2,1-3H3,(H,32,36)/t18-,19+,21-,22-,23+,24+,25-,26+,28+,29+,30-/m1/s1. The van der Waals surface area contributed by atoms with Crippen molar-refractivity contribution < 1.29 is 20.1 Å². The van der Waals surface area contributed by atoms with E-state index in [0.717, 1.165) is 57.1 Å². The first-order valence-electron chi connectivity index (χ1n) is 14.3. The number of nitrogens with one attached hydrogen (secondary N) is 1. The molecule has 6 nitrogen and oxygen atoms in total. The Labute approximate surface area is 216 Å². The topological polar surface area (TPSA) is 103 Å². The van der Waals surface area contributed by atoms with Gasteiger partial charge in [-0.25, -0.2) is 0 Å². The summed E-state index contributed by atoms with van der Waals surface area (Å²) in [6.45, 7) is 7.36. The van der Waals surface area contributed by atoms with Gasteiger partial charge >= 0.3 is 0 Å². The van der Waals surface area contributed by atoms with Gasteiger partial charge in [0.25, 0.3) is 0 Å². The lowest BCUT2D eigenvalue weighted by Crippen LogP contribution is -2.62. The third kappa shape index (κ3) is 4.41. The Hall–Kier alpha value is -1.50. The fourth-order valence-electron chi connectivity index (χ4n) is 9.47. The summed E-state index contributed by atoms with van der Waals surface area (Å²) in [5.74, 6) is 1.95. The molecule has 36 heavy (non-hydrogen) atoms. The summed E-state index contributed by atoms with van der Waals surface area (Å²) in [6.07, 6.45) is 8.33. The van der Waals surface area contributed by atoms with Crippen LogP contribution in [0.1, 0.15) is 84.3 Å². The smallest absolute Gasteiger partial charge is 0.220 e. The number of aliphatic hydroxyl groups is 3. The molecule has 6 heteroatoms. The van der Waals surface area contributed by atoms with Crippen molar-refractivity contribution in [2.24, 2.45) is 46.3 Å². The average Bonchev–Trinajstić information content (AvgIpc) is 3.22. The molecule has 0 saturated heterocycles. The molecule has 0 unspecified atom stereocenters. The number of carbonyl (C=O) groups excluding carboxylic acids is 1. The lowest BCUT2D eigenvalue weighted by atomic mass is 9.43. The molecule has 11 atom stereocenters. The zero-order valence-electron chi connectivity index (χ0n) is 22.3. The number of pyridine rings is 1. The fraction of sp³-hybridized carbons (Fsp3) is 0.800. The van der Waals surface area contributed by atoms with E-state index >= 15 is 0 Å². The number of amides is 1. The maximum absolute atomic E-state index is 12.5. The normalized spacial score (nSPS) is 44.7. The summed E-state index contributed by atoms with van der Waals surface area (Å²) in [7, 11) is 0. The van der Waals surface area contributed by atoms with Crippen LogP contribution in [-0.2, 0) is 11.3 Å². The minimum Gasteiger partial charge on any atom is -0.393 e. The highest BCUT2D eigenvalue weighted by molar-refractivity contribution is 5.75. The molecule has 1 heterocycles. The molecule has 4 saturated carbocycles. The second-order valence-corrected chi connectivity index (χ2v) is 13.1. The third-order valence-electron chi connectivity index (χ3n) is 11.5. The number of hydrogen-bond acceptors (Lipinski definition) is 5. The summed E-state index contributed by atoms with van der Waals surface area (Å²) in [5, 5.41) is 36.4. The van der Waals surface area contributed by atoms with Gasteiger partial charge in [0.2, 0.25) is 5.91 Å². The molecule has 0 radical (unpaired) electrons. The molecule has 0 aliphatic heterocycles. The number of fused-ring (bicyclic) bond motifs is 5. The third-order valence-corrected chi connectivity index (χ3v) is 11.5. The SMILES string of the molecule is C[C@H](CCC(=O)NCc1ccccn1)[C@H]1CC[C@H]2[C@@H]3[C@H](O)C[C@@H]4C[C@H](O)CC[C@]4(C)[C@H]3C[C@H](O)[C@]12C. The molecule has 4 N–H and O–H groups in total. The van der Waals surface area contributed by atoms with Gasteiger partial charge in [0, 0.05) is 12.6 Å². The lowest BCUT2D eigenvalue weighted by Gasteiger charge is -2.63. The van der Waals surface area contributed by atoms with Gasteiger partial charge in [0.1, 0.15) is 0 Å². The highest BCUT2D eigenvalue weighted by atomic mass is 16.3. The molecule has 4 fully saturated rings. The fourth-order valence-corrected chi connectivity index (χ4v) is 9.47. The van der Waals surface area contributed by atoms with Crippen LogP contribution < -0.4 is 5.32 Å². The maximum atomic E-state index is 12.5. The summed E-state index contributed by atoms with van der Waals surface area (Å²) in [4.78, 5) is 16.8. The quantitative estimate of drug-likeness (QED) is 0.473. The summed E-state index contributed by atoms with van der Waals surface area (Å²) in [6, 6.07) is 5.71. The van der Waals surface area contributed by atoms with Crippen molar-refractivity contribution >= 4 is 5.91 Å². The largest absolute Gasteiger partial charge is 0.393 e. The van der Waals surface area contributed by atoms with Crippen molar-refractivity contribution in [3.8, 4) is 0 Å². The van der Waals surface area contributed by atoms with Crippen LogP contribution in [0.3, 0.4) is 0 Å². The minimum absolute atomic E-state index is 0.0533. The number of nitrogens with zero attached hydrogens (tertiary/aromatic N) is 1. The van der Waals surface area contributed by atoms with E-state index in [1.165, 1.54) is 0 Å². The maximum Gasteiger partial charge on any atom is 0.220 e. The average molecular weight is 499 g/mol. The van der Waals surface area contributed by atoms with Gasteiger partial charge in [-0.3, -0.25) is 9.78 Å². The Morgan fingerprint density at radius 3 is 2.67 bits per heavy atom. The highest BCUT2D eigenvalue weighted by Gasteiger charge is 2.65. The van der Waals surface area contributed by atoms with Gasteiger partial charge in [0.05, 0.1) is 30.6 Å². The predicted molar refractivity (Wildman–Crippen MR) is 138 cm³/mol. The Morgan fingerprint density at radius 1 is 1.11 bits per heavy atom. The van der Waals surface area contributed by atoms with Crippen LogP contribution >= 0.6 is 0 Å². The summed E-state index contributed by atoms with van der Waals surface area (Å²) >= 11 is 0. The zero-order valence-corrected chi connectivity index (χ0v) is 22.3. The minimum atomic E-state index is -0.383. The number of aromatic nitrogens is 1. The van der Waals surface area contributed by atoms with Crippen LogP contribution in [0.4, 0.5) is 0 Å². The van der Waals surface area contributed by atoms with E-state index in [2.05, 4.69) is 31.1 Å². The molecule has 0 spiro atoms. The molecule has 1 aromatic heterocycles. The van der Waals surface area contributed by atoms with Gasteiger partial charge < -0.3 is 20.6 Å². The number of carbonyl (C=O) groups is 1. The number of hydrogen-bond donors (Lipinski definition) is 4. The Kier molecular flexibility index (Phi) is 7.25. The molecular weight excluding hydrogens is 452 g/mol. The van der Waals surface area contributed by atoms with E-state index in [1.807, 2.05) is 18.2 Å². The first-order valence-corrected chi connectivity index (χ1v) is 14.3. The van der Waals surface area contributed by atoms with Crippen LogP contribution in [0.15, 0.2) is 24.4 Å². The van der Waals surface area contributed by atoms with E-state index in [0.29, 0.717) is 42.6 Å². The number of rotatable bonds is 6. The monoisotopic (exact) mass is 498 g/mol. The Morgan fingerprint density at radius 2 is 1.92 bits per heavy atom. The molecule has 5 rings (SSSR count). The summed E-state index contributed by atoms with van der Waals surface area (Å²) in [5.41, 5.74) is 0.740. The molecule has 1 amide bonds. The van der Waals surface area contributed by atoms with E-state index in [-0.39, 0.29) is 41.0 Å². The van der Waals surface area contributed by atoms with Gasteiger partial charge in [-0.15, -0.1) is 0 Å². The van der Waals surface area contributed by atoms with Crippen molar-refractivity contribution in [2.75, 3.05) is 0 Å². The molecule has 1 aromatic rings. The van der Waals surface area contributed by atoms with Crippen molar-refractivity contribution in [3.05, 3.63) is 30.1 Å². The first-order chi connectivity index (χ1) is 17.1. The van der Waals surface area contributed by atoms with E-state index in [1.54, 1.807) is 6.20 Å². The second-order valence-electron chi connectivity index (χ2n) is 13.1. The van der Waals surface area contributed by atoms with Crippen LogP contribution in [0.2, 0.25) is 0 Å².